The lowest BCUT2D eigenvalue weighted by molar-refractivity contribution is -0.142. The van der Waals surface area contributed by atoms with E-state index >= 15 is 0 Å². The number of aliphatic imine (C=N–C) groups is 2. The number of hydrogen-bond acceptors (Lipinski definition) is 11. The Kier molecular flexibility index (Phi) is 22.0. The number of ether oxygens (including phenoxy) is 2. The Morgan fingerprint density at radius 3 is 1.45 bits per heavy atom. The highest BCUT2D eigenvalue weighted by molar-refractivity contribution is 7.19. The standard InChI is InChI=1S/C41H52N6O3S.C41H56N6O3/c1-24(2)50-40(49)45-39(46-17-14-29(23-46)28-12-15-42-16-13-28)43-22-27(5)35-33-21-34(41(6,7)38(48)47-31-8-9-32(47)11-10-31)51-37(33)44-36(35)30-19-25(3)18-26(4)20-30;1-26(2)50-40(49)45-39(46-19-15-32(25-46)30-13-17-42-18-14-30)44-23-29(5)36-31(24-43-37(36)33-21-27(3)20-28(4)22-33)12-16-41(6,7)38(48)47-34-8-9-35(47)11-10-34/h12-13,15-16,18-21,24,27,29,31-32,44H,8-11,14,17,22-23H2,1-7H3,(H,43,45,49);13-14,17-18,20-22,24,26,29,32,34-35,43H,8-12,15-16,19,23,25H2,1-7H3,(H,44,45,49)/t27-,29?,31?,32?;29-,32?,34?,35?/m11/s1. The number of carbonyl (C=O) groups excluding carboxylic acids is 4. The summed E-state index contributed by atoms with van der Waals surface area (Å²) in [5.41, 5.74) is 14.4. The number of nitrogens with one attached hydrogen (secondary N) is 4. The Morgan fingerprint density at radius 1 is 0.574 bits per heavy atom. The Morgan fingerprint density at radius 2 is 1.00 bits per heavy atom. The van der Waals surface area contributed by atoms with Crippen molar-refractivity contribution >= 4 is 57.5 Å². The molecule has 4 amide bonds. The van der Waals surface area contributed by atoms with Crippen molar-refractivity contribution in [1.29, 1.82) is 0 Å². The minimum Gasteiger partial charge on any atom is -0.447 e. The first-order valence-corrected chi connectivity index (χ1v) is 38.1. The molecule has 7 aromatic rings. The first-order valence-electron chi connectivity index (χ1n) is 37.3. The Bertz CT molecular complexity index is 4090. The van der Waals surface area contributed by atoms with Crippen molar-refractivity contribution < 1.29 is 28.7 Å². The van der Waals surface area contributed by atoms with E-state index in [1.807, 2.05) is 52.5 Å². The Labute approximate surface area is 602 Å². The number of fused-ring (bicyclic) bond motifs is 5. The van der Waals surface area contributed by atoms with Gasteiger partial charge in [-0.15, -0.1) is 11.3 Å². The van der Waals surface area contributed by atoms with Gasteiger partial charge in [-0.3, -0.25) is 40.2 Å². The normalized spacial score (nSPS) is 21.3. The minimum absolute atomic E-state index is 0.00164. The van der Waals surface area contributed by atoms with Gasteiger partial charge in [-0.25, -0.2) is 9.59 Å². The lowest BCUT2D eigenvalue weighted by Gasteiger charge is -2.32. The molecule has 4 bridgehead atoms. The van der Waals surface area contributed by atoms with Crippen LogP contribution in [-0.2, 0) is 30.9 Å². The highest BCUT2D eigenvalue weighted by atomic mass is 32.1. The summed E-state index contributed by atoms with van der Waals surface area (Å²) in [7, 11) is 0. The van der Waals surface area contributed by atoms with Crippen LogP contribution in [0.3, 0.4) is 0 Å². The molecular weight excluding hydrogens is 1280 g/mol. The van der Waals surface area contributed by atoms with E-state index in [0.717, 1.165) is 141 Å². The molecule has 11 heterocycles. The van der Waals surface area contributed by atoms with E-state index in [1.54, 1.807) is 11.3 Å². The van der Waals surface area contributed by atoms with Crippen LogP contribution in [0.4, 0.5) is 9.59 Å². The number of aryl methyl sites for hydroxylation is 5. The monoisotopic (exact) mass is 1390 g/mol. The topological polar surface area (TPSA) is 206 Å². The van der Waals surface area contributed by atoms with Crippen LogP contribution < -0.4 is 10.6 Å². The number of nitrogens with zero attached hydrogens (tertiary/aromatic N) is 8. The second kappa shape index (κ2) is 30.7. The summed E-state index contributed by atoms with van der Waals surface area (Å²) in [5.74, 6) is 2.36. The van der Waals surface area contributed by atoms with E-state index in [4.69, 9.17) is 19.5 Å². The number of likely N-dealkylation sites (tertiary alicyclic amines) is 2. The van der Waals surface area contributed by atoms with E-state index in [0.29, 0.717) is 66.9 Å². The predicted octanol–water partition coefficient (Wildman–Crippen LogP) is 16.3. The SMILES string of the molecule is Cc1cc(C)cc(-c2[nH]c3sc(C(C)(C)C(=O)N4C5CCC4CC5)cc3c2[C@H](C)CN=C(NC(=O)OC(C)C)N2CCC(c3ccncc3)C2)c1.Cc1cc(C)cc(-c2[nH]cc(CCC(C)(C)C(=O)N3C4CCC3CC4)c2[C@H](C)CN=C(NC(=O)OC(C)C)N2CCC(c3ccncc3)C2)c1. The number of pyridine rings is 2. The summed E-state index contributed by atoms with van der Waals surface area (Å²) in [6, 6.07) is 25.5. The van der Waals surface area contributed by atoms with Crippen molar-refractivity contribution in [2.45, 2.75) is 239 Å². The van der Waals surface area contributed by atoms with Gasteiger partial charge in [0.05, 0.1) is 23.3 Å². The lowest BCUT2D eigenvalue weighted by atomic mass is 9.83. The van der Waals surface area contributed by atoms with Crippen LogP contribution in [0.25, 0.3) is 32.7 Å². The van der Waals surface area contributed by atoms with E-state index in [9.17, 15) is 19.2 Å². The summed E-state index contributed by atoms with van der Waals surface area (Å²) < 4.78 is 11.0. The molecule has 19 heteroatoms. The van der Waals surface area contributed by atoms with Crippen molar-refractivity contribution in [3.8, 4) is 22.5 Å². The van der Waals surface area contributed by atoms with Crippen LogP contribution in [0.1, 0.15) is 218 Å². The third-order valence-electron chi connectivity index (χ3n) is 22.1. The number of hydrogen-bond donors (Lipinski definition) is 4. The van der Waals surface area contributed by atoms with Gasteiger partial charge in [0.2, 0.25) is 23.7 Å². The zero-order valence-corrected chi connectivity index (χ0v) is 63.0. The van der Waals surface area contributed by atoms with Crippen LogP contribution in [0, 0.1) is 33.1 Å². The van der Waals surface area contributed by atoms with Gasteiger partial charge < -0.3 is 39.0 Å². The number of amides is 4. The van der Waals surface area contributed by atoms with Crippen molar-refractivity contribution in [3.05, 3.63) is 153 Å². The van der Waals surface area contributed by atoms with Crippen molar-refractivity contribution in [3.63, 3.8) is 0 Å². The van der Waals surface area contributed by atoms with E-state index < -0.39 is 23.0 Å². The average molecular weight is 1390 g/mol. The zero-order valence-electron chi connectivity index (χ0n) is 62.2. The first kappa shape index (κ1) is 72.5. The largest absolute Gasteiger partial charge is 0.447 e. The van der Waals surface area contributed by atoms with Crippen molar-refractivity contribution in [2.75, 3.05) is 39.3 Å². The molecule has 2 aromatic carbocycles. The maximum absolute atomic E-state index is 14.1. The zero-order chi connectivity index (χ0) is 71.6. The minimum atomic E-state index is -0.622. The third-order valence-corrected chi connectivity index (χ3v) is 23.5. The van der Waals surface area contributed by atoms with Gasteiger partial charge in [-0.2, -0.15) is 0 Å². The van der Waals surface area contributed by atoms with Crippen LogP contribution in [-0.4, -0.2) is 151 Å². The molecule has 13 rings (SSSR count). The van der Waals surface area contributed by atoms with Gasteiger partial charge in [-0.05, 0) is 240 Å². The van der Waals surface area contributed by atoms with E-state index in [2.05, 4.69) is 192 Å². The van der Waals surface area contributed by atoms with Gasteiger partial charge in [0, 0.05) is 139 Å². The fourth-order valence-corrected chi connectivity index (χ4v) is 18.2. The number of rotatable bonds is 18. The lowest BCUT2D eigenvalue weighted by Crippen LogP contribution is -2.45. The molecule has 2 unspecified atom stereocenters. The van der Waals surface area contributed by atoms with E-state index in [1.165, 1.54) is 50.1 Å². The maximum atomic E-state index is 14.1. The summed E-state index contributed by atoms with van der Waals surface area (Å²) >= 11 is 1.70. The second-order valence-corrected chi connectivity index (χ2v) is 32.7. The molecule has 4 atom stereocenters. The number of carbonyl (C=O) groups is 4. The van der Waals surface area contributed by atoms with Crippen LogP contribution in [0.15, 0.2) is 108 Å². The molecule has 6 aliphatic heterocycles. The van der Waals surface area contributed by atoms with Crippen molar-refractivity contribution in [2.24, 2.45) is 15.4 Å². The summed E-state index contributed by atoms with van der Waals surface area (Å²) in [6.45, 7) is 32.8. The van der Waals surface area contributed by atoms with Gasteiger partial charge in [0.1, 0.15) is 4.83 Å². The molecule has 0 aliphatic carbocycles. The Balaban J connectivity index is 0.000000191. The molecule has 18 nitrogen and oxygen atoms in total. The Hall–Kier alpha value is -8.32. The summed E-state index contributed by atoms with van der Waals surface area (Å²) in [5, 5.41) is 7.12. The number of aromatic amines is 2. The van der Waals surface area contributed by atoms with Gasteiger partial charge in [-0.1, -0.05) is 62.1 Å². The maximum Gasteiger partial charge on any atom is 0.414 e. The average Bonchev–Trinajstić information content (AvgIpc) is 1.58. The summed E-state index contributed by atoms with van der Waals surface area (Å²) in [4.78, 5) is 90.8. The number of alkyl carbamates (subject to hydrolysis) is 2. The molecule has 4 N–H and O–H groups in total. The molecule has 0 radical (unpaired) electrons. The fraction of sp³-hybridized carbons (Fsp3) is 0.537. The molecule has 6 fully saturated rings. The number of H-pyrrole nitrogens is 2. The van der Waals surface area contributed by atoms with Crippen LogP contribution in [0.2, 0.25) is 0 Å². The molecule has 5 aromatic heterocycles. The quantitative estimate of drug-likeness (QED) is 0.0472. The van der Waals surface area contributed by atoms with Crippen LogP contribution >= 0.6 is 11.3 Å². The van der Waals surface area contributed by atoms with Gasteiger partial charge >= 0.3 is 12.2 Å². The molecular formula is C82H108N12O6S. The van der Waals surface area contributed by atoms with Crippen molar-refractivity contribution in [1.82, 2.24) is 50.2 Å². The fourth-order valence-electron chi connectivity index (χ4n) is 17.0. The number of aromatic nitrogens is 4. The smallest absolute Gasteiger partial charge is 0.414 e. The van der Waals surface area contributed by atoms with Gasteiger partial charge in [0.25, 0.3) is 0 Å². The molecule has 6 aliphatic rings. The van der Waals surface area contributed by atoms with Crippen LogP contribution in [0.5, 0.6) is 0 Å². The number of thiophene rings is 1. The molecule has 0 spiro atoms. The highest BCUT2D eigenvalue weighted by Gasteiger charge is 2.49. The van der Waals surface area contributed by atoms with Gasteiger partial charge in [0.15, 0.2) is 0 Å². The third kappa shape index (κ3) is 16.3. The summed E-state index contributed by atoms with van der Waals surface area (Å²) in [6.07, 6.45) is 20.6. The second-order valence-electron chi connectivity index (χ2n) is 31.7. The molecule has 6 saturated heterocycles. The van der Waals surface area contributed by atoms with E-state index in [-0.39, 0.29) is 30.0 Å². The highest BCUT2D eigenvalue weighted by Crippen LogP contribution is 2.47. The predicted molar refractivity (Wildman–Crippen MR) is 405 cm³/mol. The first-order chi connectivity index (χ1) is 48.3. The molecule has 538 valence electrons. The molecule has 0 saturated carbocycles. The molecule has 101 heavy (non-hydrogen) atoms. The number of benzene rings is 2. The number of guanidine groups is 2.